The third kappa shape index (κ3) is 3.29. The molecule has 1 saturated heterocycles. The third-order valence-corrected chi connectivity index (χ3v) is 3.26. The van der Waals surface area contributed by atoms with Crippen molar-refractivity contribution in [3.8, 4) is 11.1 Å². The van der Waals surface area contributed by atoms with Gasteiger partial charge in [-0.3, -0.25) is 0 Å². The van der Waals surface area contributed by atoms with E-state index in [1.54, 1.807) is 6.07 Å². The fraction of sp³-hybridized carbons (Fsp3) is 0.235. The smallest absolute Gasteiger partial charge is 0.341 e. The highest BCUT2D eigenvalue weighted by Crippen LogP contribution is 2.24. The van der Waals surface area contributed by atoms with Gasteiger partial charge in [-0.25, -0.2) is 4.79 Å². The molecule has 0 spiro atoms. The molecule has 1 aliphatic heterocycles. The van der Waals surface area contributed by atoms with E-state index < -0.39 is 12.3 Å². The first kappa shape index (κ1) is 13.8. The Morgan fingerprint density at radius 2 is 1.76 bits per heavy atom. The van der Waals surface area contributed by atoms with Gasteiger partial charge in [0.2, 0.25) is 6.29 Å². The maximum absolute atomic E-state index is 12.3. The predicted molar refractivity (Wildman–Crippen MR) is 77.9 cm³/mol. The predicted octanol–water partition coefficient (Wildman–Crippen LogP) is 2.88. The first-order valence-corrected chi connectivity index (χ1v) is 6.89. The Kier molecular flexibility index (Phi) is 4.28. The molecule has 108 valence electrons. The molecule has 0 aliphatic carbocycles. The normalized spacial score (nSPS) is 18.2. The Morgan fingerprint density at radius 3 is 2.52 bits per heavy atom. The van der Waals surface area contributed by atoms with Crippen molar-refractivity contribution in [1.82, 2.24) is 0 Å². The van der Waals surface area contributed by atoms with Crippen LogP contribution in [0, 0.1) is 0 Å². The first-order chi connectivity index (χ1) is 10.3. The molecule has 0 N–H and O–H groups in total. The van der Waals surface area contributed by atoms with Gasteiger partial charge in [-0.2, -0.15) is 0 Å². The molecule has 0 saturated carbocycles. The Bertz CT molecular complexity index is 603. The summed E-state index contributed by atoms with van der Waals surface area (Å²) in [5.74, 6) is -0.398. The molecular weight excluding hydrogens is 268 g/mol. The zero-order chi connectivity index (χ0) is 14.5. The second-order valence-corrected chi connectivity index (χ2v) is 4.69. The van der Waals surface area contributed by atoms with Crippen molar-refractivity contribution in [1.29, 1.82) is 0 Å². The van der Waals surface area contributed by atoms with Crippen molar-refractivity contribution in [2.45, 2.75) is 6.29 Å². The van der Waals surface area contributed by atoms with Gasteiger partial charge in [-0.1, -0.05) is 48.5 Å². The second-order valence-electron chi connectivity index (χ2n) is 4.69. The summed E-state index contributed by atoms with van der Waals surface area (Å²) >= 11 is 0. The lowest BCUT2D eigenvalue weighted by Gasteiger charge is -2.23. The Morgan fingerprint density at radius 1 is 1.00 bits per heavy atom. The molecule has 1 heterocycles. The Labute approximate surface area is 123 Å². The molecule has 1 unspecified atom stereocenters. The third-order valence-electron chi connectivity index (χ3n) is 3.26. The van der Waals surface area contributed by atoms with Gasteiger partial charge < -0.3 is 14.2 Å². The lowest BCUT2D eigenvalue weighted by Crippen LogP contribution is -2.32. The second kappa shape index (κ2) is 6.52. The number of ether oxygens (including phenoxy) is 3. The fourth-order valence-corrected chi connectivity index (χ4v) is 2.25. The van der Waals surface area contributed by atoms with Crippen molar-refractivity contribution in [3.05, 3.63) is 60.2 Å². The minimum absolute atomic E-state index is 0.277. The number of hydrogen-bond acceptors (Lipinski definition) is 4. The molecule has 0 radical (unpaired) electrons. The highest BCUT2D eigenvalue weighted by atomic mass is 16.7. The molecule has 2 aromatic rings. The summed E-state index contributed by atoms with van der Waals surface area (Å²) in [6.45, 7) is 1.26. The van der Waals surface area contributed by atoms with Crippen LogP contribution in [-0.2, 0) is 14.2 Å². The lowest BCUT2D eigenvalue weighted by molar-refractivity contribution is -0.186. The molecule has 1 fully saturated rings. The van der Waals surface area contributed by atoms with Crippen LogP contribution in [0.3, 0.4) is 0 Å². The number of rotatable bonds is 3. The highest BCUT2D eigenvalue weighted by Gasteiger charge is 2.21. The molecule has 1 atom stereocenters. The molecular formula is C17H16O4. The molecule has 1 aliphatic rings. The zero-order valence-corrected chi connectivity index (χ0v) is 11.5. The minimum Gasteiger partial charge on any atom is -0.430 e. The maximum Gasteiger partial charge on any atom is 0.341 e. The number of hydrogen-bond donors (Lipinski definition) is 0. The van der Waals surface area contributed by atoms with Gasteiger partial charge in [0.05, 0.1) is 18.8 Å². The fourth-order valence-electron chi connectivity index (χ4n) is 2.25. The van der Waals surface area contributed by atoms with Gasteiger partial charge in [0.15, 0.2) is 0 Å². The number of esters is 1. The van der Waals surface area contributed by atoms with E-state index in [-0.39, 0.29) is 6.61 Å². The number of carbonyl (C=O) groups excluding carboxylic acids is 1. The summed E-state index contributed by atoms with van der Waals surface area (Å²) in [4.78, 5) is 12.3. The summed E-state index contributed by atoms with van der Waals surface area (Å²) in [7, 11) is 0. The number of carbonyl (C=O) groups is 1. The van der Waals surface area contributed by atoms with Crippen LogP contribution in [0.25, 0.3) is 11.1 Å². The SMILES string of the molecule is O=C(OC1COCCO1)c1ccccc1-c1ccccc1. The molecule has 2 aromatic carbocycles. The molecule has 4 nitrogen and oxygen atoms in total. The summed E-state index contributed by atoms with van der Waals surface area (Å²) in [6.07, 6.45) is -0.630. The molecule has 0 amide bonds. The van der Waals surface area contributed by atoms with Crippen molar-refractivity contribution in [2.75, 3.05) is 19.8 Å². The van der Waals surface area contributed by atoms with Crippen molar-refractivity contribution < 1.29 is 19.0 Å². The van der Waals surface area contributed by atoms with Crippen LogP contribution in [0.4, 0.5) is 0 Å². The van der Waals surface area contributed by atoms with Crippen molar-refractivity contribution in [2.24, 2.45) is 0 Å². The van der Waals surface area contributed by atoms with Gasteiger partial charge in [-0.15, -0.1) is 0 Å². The summed E-state index contributed by atoms with van der Waals surface area (Å²) in [5.41, 5.74) is 2.35. The number of benzene rings is 2. The molecule has 0 bridgehead atoms. The van der Waals surface area contributed by atoms with E-state index in [4.69, 9.17) is 14.2 Å². The highest BCUT2D eigenvalue weighted by molar-refractivity contribution is 5.97. The largest absolute Gasteiger partial charge is 0.430 e. The van der Waals surface area contributed by atoms with Gasteiger partial charge in [0.1, 0.15) is 6.61 Å². The van der Waals surface area contributed by atoms with Crippen molar-refractivity contribution >= 4 is 5.97 Å². The van der Waals surface area contributed by atoms with Gasteiger partial charge >= 0.3 is 5.97 Å². The van der Waals surface area contributed by atoms with Gasteiger partial charge in [-0.05, 0) is 17.2 Å². The van der Waals surface area contributed by atoms with E-state index in [0.717, 1.165) is 11.1 Å². The van der Waals surface area contributed by atoms with Crippen LogP contribution >= 0.6 is 0 Å². The molecule has 4 heteroatoms. The molecule has 0 aromatic heterocycles. The lowest BCUT2D eigenvalue weighted by atomic mass is 10.00. The van der Waals surface area contributed by atoms with E-state index >= 15 is 0 Å². The van der Waals surface area contributed by atoms with E-state index in [1.165, 1.54) is 0 Å². The summed E-state index contributed by atoms with van der Waals surface area (Å²) in [5, 5.41) is 0. The topological polar surface area (TPSA) is 44.8 Å². The van der Waals surface area contributed by atoms with Crippen LogP contribution in [0.15, 0.2) is 54.6 Å². The molecule has 3 rings (SSSR count). The van der Waals surface area contributed by atoms with E-state index in [9.17, 15) is 4.79 Å². The Hall–Kier alpha value is -2.17. The average Bonchev–Trinajstić information content (AvgIpc) is 2.56. The van der Waals surface area contributed by atoms with E-state index in [0.29, 0.717) is 18.8 Å². The van der Waals surface area contributed by atoms with E-state index in [2.05, 4.69) is 0 Å². The molecule has 21 heavy (non-hydrogen) atoms. The van der Waals surface area contributed by atoms with Crippen LogP contribution in [-0.4, -0.2) is 32.1 Å². The average molecular weight is 284 g/mol. The summed E-state index contributed by atoms with van der Waals surface area (Å²) in [6, 6.07) is 17.1. The first-order valence-electron chi connectivity index (χ1n) is 6.89. The van der Waals surface area contributed by atoms with Gasteiger partial charge in [0, 0.05) is 0 Å². The van der Waals surface area contributed by atoms with Crippen LogP contribution < -0.4 is 0 Å². The van der Waals surface area contributed by atoms with Crippen molar-refractivity contribution in [3.63, 3.8) is 0 Å². The van der Waals surface area contributed by atoms with Gasteiger partial charge in [0.25, 0.3) is 0 Å². The maximum atomic E-state index is 12.3. The zero-order valence-electron chi connectivity index (χ0n) is 11.5. The van der Waals surface area contributed by atoms with Crippen LogP contribution in [0.1, 0.15) is 10.4 Å². The quantitative estimate of drug-likeness (QED) is 0.813. The van der Waals surface area contributed by atoms with Crippen LogP contribution in [0.2, 0.25) is 0 Å². The monoisotopic (exact) mass is 284 g/mol. The summed E-state index contributed by atoms with van der Waals surface area (Å²) < 4.78 is 15.9. The standard InChI is InChI=1S/C17H16O4/c18-17(21-16-12-19-10-11-20-16)15-9-5-4-8-14(15)13-6-2-1-3-7-13/h1-9,16H,10-12H2. The Balaban J connectivity index is 1.83. The van der Waals surface area contributed by atoms with E-state index in [1.807, 2.05) is 48.5 Å². The van der Waals surface area contributed by atoms with Crippen LogP contribution in [0.5, 0.6) is 0 Å². The minimum atomic E-state index is -0.630.